The number of cyclic esters (lactones) is 2. The van der Waals surface area contributed by atoms with Crippen LogP contribution < -0.4 is 10.1 Å². The van der Waals surface area contributed by atoms with Crippen molar-refractivity contribution < 1.29 is 43.2 Å². The summed E-state index contributed by atoms with van der Waals surface area (Å²) in [7, 11) is 1.33. The zero-order chi connectivity index (χ0) is 27.1. The van der Waals surface area contributed by atoms with E-state index >= 15 is 0 Å². The van der Waals surface area contributed by atoms with Gasteiger partial charge in [0.1, 0.15) is 18.6 Å². The minimum absolute atomic E-state index is 0.0725. The number of carbonyl (C=O) groups excluding carboxylic acids is 4. The Bertz CT molecular complexity index is 1130. The minimum Gasteiger partial charge on any atom is -0.504 e. The Morgan fingerprint density at radius 1 is 1.08 bits per heavy atom. The van der Waals surface area contributed by atoms with Gasteiger partial charge in [0.15, 0.2) is 23.6 Å². The fourth-order valence-corrected chi connectivity index (χ4v) is 3.86. The first-order valence-electron chi connectivity index (χ1n) is 11.9. The van der Waals surface area contributed by atoms with E-state index in [1.807, 2.05) is 30.3 Å². The zero-order valence-electron chi connectivity index (χ0n) is 21.1. The molecule has 1 aliphatic heterocycles. The number of phenolic OH excluding ortho intramolecular Hbond substituents is 1. The average molecular weight is 514 g/mol. The van der Waals surface area contributed by atoms with Crippen molar-refractivity contribution in [1.29, 1.82) is 0 Å². The summed E-state index contributed by atoms with van der Waals surface area (Å²) in [6.45, 7) is 4.30. The monoisotopic (exact) mass is 513 g/mol. The molecular formula is C27H31NO9. The van der Waals surface area contributed by atoms with Crippen LogP contribution in [-0.4, -0.2) is 60.9 Å². The van der Waals surface area contributed by atoms with Crippen molar-refractivity contribution in [3.8, 4) is 11.5 Å². The Labute approximate surface area is 214 Å². The van der Waals surface area contributed by atoms with E-state index in [1.54, 1.807) is 13.8 Å². The third-order valence-corrected chi connectivity index (χ3v) is 5.93. The normalized spacial score (nSPS) is 22.1. The molecule has 2 N–H and O–H groups in total. The lowest BCUT2D eigenvalue weighted by molar-refractivity contribution is -0.176. The smallest absolute Gasteiger partial charge is 0.332 e. The number of nitrogens with one attached hydrogen (secondary N) is 1. The Morgan fingerprint density at radius 3 is 2.43 bits per heavy atom. The van der Waals surface area contributed by atoms with Gasteiger partial charge < -0.3 is 29.4 Å². The van der Waals surface area contributed by atoms with Gasteiger partial charge in [-0.3, -0.25) is 14.4 Å². The summed E-state index contributed by atoms with van der Waals surface area (Å²) in [6, 6.07) is 12.0. The zero-order valence-corrected chi connectivity index (χ0v) is 21.1. The number of carbonyl (C=O) groups is 4. The third-order valence-electron chi connectivity index (χ3n) is 5.93. The molecule has 0 saturated carbocycles. The molecule has 3 rings (SSSR count). The quantitative estimate of drug-likeness (QED) is 0.422. The van der Waals surface area contributed by atoms with Gasteiger partial charge in [-0.25, -0.2) is 4.79 Å². The van der Waals surface area contributed by atoms with Crippen molar-refractivity contribution in [3.63, 3.8) is 0 Å². The number of phenols is 1. The number of methoxy groups -OCH3 is 1. The molecule has 10 nitrogen and oxygen atoms in total. The first-order valence-corrected chi connectivity index (χ1v) is 11.9. The standard InChI is InChI=1S/C27H31NO9/c1-15(2)25(31)37-23-16(3)36-27(33)20(28-24(30)18-11-8-12-21(34-4)22(18)29)14-35-26(32)19(23)13-17-9-6-5-7-10-17/h5-12,15-16,19-20,23,29H,13-14H2,1-4H3,(H,28,30)/t16-,19+,20-,23-/m0/s1. The maximum Gasteiger partial charge on any atom is 0.332 e. The molecule has 37 heavy (non-hydrogen) atoms. The van der Waals surface area contributed by atoms with Gasteiger partial charge in [-0.2, -0.15) is 0 Å². The fraction of sp³-hybridized carbons (Fsp3) is 0.407. The second-order valence-electron chi connectivity index (χ2n) is 9.01. The summed E-state index contributed by atoms with van der Waals surface area (Å²) in [4.78, 5) is 51.5. The summed E-state index contributed by atoms with van der Waals surface area (Å²) < 4.78 is 21.6. The van der Waals surface area contributed by atoms with E-state index in [0.717, 1.165) is 5.56 Å². The first-order chi connectivity index (χ1) is 17.6. The molecule has 1 saturated heterocycles. The van der Waals surface area contributed by atoms with E-state index in [-0.39, 0.29) is 17.7 Å². The molecule has 10 heteroatoms. The SMILES string of the molecule is COc1cccc(C(=O)N[C@H]2COC(=O)[C@H](Cc3ccccc3)[C@@H](OC(=O)C(C)C)[C@H](C)OC2=O)c1O. The van der Waals surface area contributed by atoms with Gasteiger partial charge in [-0.15, -0.1) is 0 Å². The van der Waals surface area contributed by atoms with Crippen LogP contribution in [0.2, 0.25) is 0 Å². The van der Waals surface area contributed by atoms with Crippen LogP contribution in [0.25, 0.3) is 0 Å². The van der Waals surface area contributed by atoms with Crippen LogP contribution >= 0.6 is 0 Å². The number of rotatable bonds is 7. The van der Waals surface area contributed by atoms with Crippen molar-refractivity contribution in [2.45, 2.75) is 45.4 Å². The van der Waals surface area contributed by atoms with Crippen molar-refractivity contribution in [1.82, 2.24) is 5.32 Å². The van der Waals surface area contributed by atoms with Crippen molar-refractivity contribution in [3.05, 3.63) is 59.7 Å². The number of aromatic hydroxyl groups is 1. The average Bonchev–Trinajstić information content (AvgIpc) is 2.91. The van der Waals surface area contributed by atoms with E-state index < -0.39 is 66.3 Å². The van der Waals surface area contributed by atoms with E-state index in [2.05, 4.69) is 5.32 Å². The molecule has 1 heterocycles. The molecule has 0 spiro atoms. The van der Waals surface area contributed by atoms with Gasteiger partial charge in [-0.05, 0) is 31.0 Å². The van der Waals surface area contributed by atoms with E-state index in [0.29, 0.717) is 0 Å². The van der Waals surface area contributed by atoms with Crippen LogP contribution in [0, 0.1) is 11.8 Å². The fourth-order valence-electron chi connectivity index (χ4n) is 3.86. The minimum atomic E-state index is -1.37. The van der Waals surface area contributed by atoms with Gasteiger partial charge in [0.2, 0.25) is 0 Å². The first kappa shape index (κ1) is 27.5. The number of hydrogen-bond acceptors (Lipinski definition) is 9. The largest absolute Gasteiger partial charge is 0.504 e. The third kappa shape index (κ3) is 6.78. The lowest BCUT2D eigenvalue weighted by Crippen LogP contribution is -2.46. The lowest BCUT2D eigenvalue weighted by Gasteiger charge is -2.29. The number of ether oxygens (including phenoxy) is 4. The van der Waals surface area contributed by atoms with Gasteiger partial charge in [0.05, 0.1) is 18.6 Å². The van der Waals surface area contributed by atoms with Gasteiger partial charge in [0.25, 0.3) is 5.91 Å². The predicted molar refractivity (Wildman–Crippen MR) is 131 cm³/mol. The molecule has 198 valence electrons. The Hall–Kier alpha value is -4.08. The van der Waals surface area contributed by atoms with Crippen molar-refractivity contribution in [2.75, 3.05) is 13.7 Å². The van der Waals surface area contributed by atoms with E-state index in [1.165, 1.54) is 32.2 Å². The van der Waals surface area contributed by atoms with Crippen LogP contribution in [0.1, 0.15) is 36.7 Å². The number of esters is 3. The van der Waals surface area contributed by atoms with Gasteiger partial charge >= 0.3 is 17.9 Å². The molecule has 0 radical (unpaired) electrons. The van der Waals surface area contributed by atoms with Crippen LogP contribution in [0.15, 0.2) is 48.5 Å². The molecule has 2 aromatic rings. The van der Waals surface area contributed by atoms with Crippen LogP contribution in [0.4, 0.5) is 0 Å². The van der Waals surface area contributed by atoms with Crippen LogP contribution in [0.3, 0.4) is 0 Å². The molecule has 1 fully saturated rings. The summed E-state index contributed by atoms with van der Waals surface area (Å²) in [5.74, 6) is -4.74. The highest BCUT2D eigenvalue weighted by atomic mass is 16.6. The molecule has 0 bridgehead atoms. The van der Waals surface area contributed by atoms with Gasteiger partial charge in [0, 0.05) is 0 Å². The maximum atomic E-state index is 13.2. The second kappa shape index (κ2) is 12.2. The topological polar surface area (TPSA) is 137 Å². The molecule has 1 aliphatic rings. The van der Waals surface area contributed by atoms with Gasteiger partial charge in [-0.1, -0.05) is 50.2 Å². The number of amides is 1. The lowest BCUT2D eigenvalue weighted by atomic mass is 9.91. The molecule has 0 aliphatic carbocycles. The predicted octanol–water partition coefficient (Wildman–Crippen LogP) is 2.41. The van der Waals surface area contributed by atoms with E-state index in [4.69, 9.17) is 18.9 Å². The summed E-state index contributed by atoms with van der Waals surface area (Å²) in [5.41, 5.74) is 0.656. The number of hydrogen-bond donors (Lipinski definition) is 2. The Kier molecular flexibility index (Phi) is 9.10. The number of para-hydroxylation sites is 1. The molecular weight excluding hydrogens is 482 g/mol. The molecule has 1 amide bonds. The maximum absolute atomic E-state index is 13.2. The molecule has 4 atom stereocenters. The Morgan fingerprint density at radius 2 is 1.78 bits per heavy atom. The van der Waals surface area contributed by atoms with Crippen LogP contribution in [0.5, 0.6) is 11.5 Å². The van der Waals surface area contributed by atoms with Crippen molar-refractivity contribution >= 4 is 23.8 Å². The Balaban J connectivity index is 1.87. The summed E-state index contributed by atoms with van der Waals surface area (Å²) in [6.07, 6.45) is -1.98. The van der Waals surface area contributed by atoms with Crippen LogP contribution in [-0.2, 0) is 35.0 Å². The molecule has 2 aromatic carbocycles. The summed E-state index contributed by atoms with van der Waals surface area (Å²) in [5, 5.41) is 12.7. The summed E-state index contributed by atoms with van der Waals surface area (Å²) >= 11 is 0. The molecule has 0 unspecified atom stereocenters. The second-order valence-corrected chi connectivity index (χ2v) is 9.01. The van der Waals surface area contributed by atoms with E-state index in [9.17, 15) is 24.3 Å². The highest BCUT2D eigenvalue weighted by Crippen LogP contribution is 2.29. The highest BCUT2D eigenvalue weighted by molar-refractivity contribution is 5.99. The number of benzene rings is 2. The van der Waals surface area contributed by atoms with Crippen molar-refractivity contribution in [2.24, 2.45) is 11.8 Å². The highest BCUT2D eigenvalue weighted by Gasteiger charge is 2.42. The molecule has 0 aromatic heterocycles.